The fourth-order valence-electron chi connectivity index (χ4n) is 3.27. The number of esters is 1. The maximum absolute atomic E-state index is 13.0. The van der Waals surface area contributed by atoms with Crippen molar-refractivity contribution < 1.29 is 24.0 Å². The van der Waals surface area contributed by atoms with E-state index in [4.69, 9.17) is 4.74 Å². The summed E-state index contributed by atoms with van der Waals surface area (Å²) in [6.07, 6.45) is 2.82. The Labute approximate surface area is 240 Å². The van der Waals surface area contributed by atoms with Gasteiger partial charge in [-0.05, 0) is 60.0 Å². The van der Waals surface area contributed by atoms with Gasteiger partial charge in [0.2, 0.25) is 0 Å². The number of nitro groups is 1. The molecular weight excluding hydrogens is 600 g/mol. The molecule has 0 aliphatic heterocycles. The first-order chi connectivity index (χ1) is 19.3. The second-order valence-electron chi connectivity index (χ2n) is 7.97. The fraction of sp³-hybridized carbons (Fsp3) is 0. The van der Waals surface area contributed by atoms with Crippen LogP contribution in [0.15, 0.2) is 106 Å². The number of nitro benzene ring substituents is 1. The number of carbonyl (C=O) groups excluding carboxylic acids is 3. The van der Waals surface area contributed by atoms with Crippen LogP contribution in [-0.2, 0) is 4.79 Å². The highest BCUT2D eigenvalue weighted by Crippen LogP contribution is 2.23. The molecule has 1 heterocycles. The van der Waals surface area contributed by atoms with Crippen molar-refractivity contribution >= 4 is 63.0 Å². The number of rotatable bonds is 9. The molecule has 10 nitrogen and oxygen atoms in total. The molecule has 0 saturated heterocycles. The molecule has 4 aromatic rings. The normalized spacial score (nSPS) is 11.2. The molecule has 4 rings (SSSR count). The van der Waals surface area contributed by atoms with E-state index in [0.717, 1.165) is 4.88 Å². The van der Waals surface area contributed by atoms with Gasteiger partial charge in [0.15, 0.2) is 0 Å². The van der Waals surface area contributed by atoms with E-state index in [1.165, 1.54) is 54.0 Å². The van der Waals surface area contributed by atoms with Crippen LogP contribution >= 0.6 is 27.3 Å². The molecule has 0 aliphatic carbocycles. The Morgan fingerprint density at radius 3 is 2.38 bits per heavy atom. The number of thiophene rings is 1. The van der Waals surface area contributed by atoms with Gasteiger partial charge in [0.05, 0.1) is 16.7 Å². The number of hydrogen-bond donors (Lipinski definition) is 2. The SMILES string of the molecule is O=C(N/N=C\c1cc(Br)ccc1OC(=O)c1ccc([N+](=O)[O-])cc1)/C(=C\c1cccs1)NC(=O)c1ccccc1. The maximum atomic E-state index is 13.0. The highest BCUT2D eigenvalue weighted by molar-refractivity contribution is 9.10. The minimum Gasteiger partial charge on any atom is -0.422 e. The fourth-order valence-corrected chi connectivity index (χ4v) is 4.31. The predicted molar refractivity (Wildman–Crippen MR) is 154 cm³/mol. The van der Waals surface area contributed by atoms with Crippen molar-refractivity contribution in [2.24, 2.45) is 5.10 Å². The second kappa shape index (κ2) is 13.2. The lowest BCUT2D eigenvalue weighted by molar-refractivity contribution is -0.384. The van der Waals surface area contributed by atoms with Gasteiger partial charge >= 0.3 is 5.97 Å². The molecule has 0 aliphatic rings. The van der Waals surface area contributed by atoms with Crippen LogP contribution in [-0.4, -0.2) is 28.9 Å². The number of halogens is 1. The van der Waals surface area contributed by atoms with E-state index in [-0.39, 0.29) is 22.7 Å². The average molecular weight is 619 g/mol. The van der Waals surface area contributed by atoms with Crippen molar-refractivity contribution in [3.63, 3.8) is 0 Å². The summed E-state index contributed by atoms with van der Waals surface area (Å²) < 4.78 is 6.12. The maximum Gasteiger partial charge on any atom is 0.343 e. The zero-order valence-corrected chi connectivity index (χ0v) is 22.8. The highest BCUT2D eigenvalue weighted by atomic mass is 79.9. The Bertz CT molecular complexity index is 1600. The van der Waals surface area contributed by atoms with Crippen LogP contribution in [0.2, 0.25) is 0 Å². The summed E-state index contributed by atoms with van der Waals surface area (Å²) in [5.74, 6) is -1.74. The minimum atomic E-state index is -0.735. The zero-order chi connectivity index (χ0) is 28.5. The number of benzene rings is 3. The molecule has 3 aromatic carbocycles. The first-order valence-electron chi connectivity index (χ1n) is 11.5. The van der Waals surface area contributed by atoms with Gasteiger partial charge < -0.3 is 10.1 Å². The third kappa shape index (κ3) is 7.56. The highest BCUT2D eigenvalue weighted by Gasteiger charge is 2.16. The van der Waals surface area contributed by atoms with Crippen LogP contribution in [0.3, 0.4) is 0 Å². The molecule has 200 valence electrons. The molecule has 12 heteroatoms. The van der Waals surface area contributed by atoms with Gasteiger partial charge in [0.1, 0.15) is 11.4 Å². The number of non-ortho nitro benzene ring substituents is 1. The summed E-state index contributed by atoms with van der Waals surface area (Å²) in [6.45, 7) is 0. The van der Waals surface area contributed by atoms with Crippen molar-refractivity contribution in [1.29, 1.82) is 0 Å². The van der Waals surface area contributed by atoms with E-state index in [1.807, 2.05) is 11.4 Å². The van der Waals surface area contributed by atoms with E-state index < -0.39 is 22.7 Å². The quantitative estimate of drug-likeness (QED) is 0.0628. The lowest BCUT2D eigenvalue weighted by Crippen LogP contribution is -2.32. The van der Waals surface area contributed by atoms with E-state index in [2.05, 4.69) is 31.8 Å². The number of carbonyl (C=O) groups is 3. The van der Waals surface area contributed by atoms with Crippen LogP contribution in [0.1, 0.15) is 31.2 Å². The van der Waals surface area contributed by atoms with Gasteiger partial charge in [-0.1, -0.05) is 40.2 Å². The van der Waals surface area contributed by atoms with E-state index >= 15 is 0 Å². The lowest BCUT2D eigenvalue weighted by Gasteiger charge is -2.10. The van der Waals surface area contributed by atoms with Crippen LogP contribution in [0, 0.1) is 10.1 Å². The van der Waals surface area contributed by atoms with Crippen molar-refractivity contribution in [1.82, 2.24) is 10.7 Å². The molecule has 2 N–H and O–H groups in total. The Balaban J connectivity index is 1.49. The lowest BCUT2D eigenvalue weighted by atomic mass is 10.2. The molecule has 2 amide bonds. The number of nitrogens with one attached hydrogen (secondary N) is 2. The minimum absolute atomic E-state index is 0.0208. The summed E-state index contributed by atoms with van der Waals surface area (Å²) in [7, 11) is 0. The van der Waals surface area contributed by atoms with Crippen molar-refractivity contribution in [3.05, 3.63) is 132 Å². The zero-order valence-electron chi connectivity index (χ0n) is 20.4. The Hall–Kier alpha value is -4.94. The number of hydrogen-bond acceptors (Lipinski definition) is 8. The Kier molecular flexibility index (Phi) is 9.28. The molecule has 0 fully saturated rings. The van der Waals surface area contributed by atoms with Gasteiger partial charge in [-0.25, -0.2) is 10.2 Å². The van der Waals surface area contributed by atoms with Gasteiger partial charge in [0, 0.05) is 32.6 Å². The van der Waals surface area contributed by atoms with Gasteiger partial charge in [-0.2, -0.15) is 5.10 Å². The van der Waals surface area contributed by atoms with E-state index in [9.17, 15) is 24.5 Å². The number of hydrazone groups is 1. The Morgan fingerprint density at radius 1 is 0.950 bits per heavy atom. The summed E-state index contributed by atoms with van der Waals surface area (Å²) >= 11 is 4.74. The van der Waals surface area contributed by atoms with Crippen LogP contribution in [0.4, 0.5) is 5.69 Å². The molecular formula is C28H19BrN4O6S. The summed E-state index contributed by atoms with van der Waals surface area (Å²) in [6, 6.07) is 21.8. The van der Waals surface area contributed by atoms with Gasteiger partial charge in [-0.15, -0.1) is 11.3 Å². The number of amides is 2. The third-order valence-corrected chi connectivity index (χ3v) is 6.53. The topological polar surface area (TPSA) is 140 Å². The van der Waals surface area contributed by atoms with E-state index in [1.54, 1.807) is 48.5 Å². The van der Waals surface area contributed by atoms with Crippen molar-refractivity contribution in [2.45, 2.75) is 0 Å². The van der Waals surface area contributed by atoms with E-state index in [0.29, 0.717) is 15.6 Å². The summed E-state index contributed by atoms with van der Waals surface area (Å²) in [5.41, 5.74) is 3.05. The summed E-state index contributed by atoms with van der Waals surface area (Å²) in [5, 5.41) is 19.3. The van der Waals surface area contributed by atoms with Gasteiger partial charge in [0.25, 0.3) is 17.5 Å². The largest absolute Gasteiger partial charge is 0.422 e. The molecule has 1 aromatic heterocycles. The molecule has 0 spiro atoms. The number of nitrogens with zero attached hydrogens (tertiary/aromatic N) is 2. The van der Waals surface area contributed by atoms with Gasteiger partial charge in [-0.3, -0.25) is 19.7 Å². The Morgan fingerprint density at radius 2 is 1.70 bits per heavy atom. The molecule has 0 radical (unpaired) electrons. The molecule has 0 unspecified atom stereocenters. The standard InChI is InChI=1S/C28H19BrN4O6S/c29-21-10-13-25(39-28(36)19-8-11-22(12-9-19)33(37)38)20(15-21)17-30-32-27(35)24(16-23-7-4-14-40-23)31-26(34)18-5-2-1-3-6-18/h1-17H,(H,31,34)(H,32,35)/b24-16+,30-17-. The molecule has 40 heavy (non-hydrogen) atoms. The van der Waals surface area contributed by atoms with Crippen LogP contribution in [0.25, 0.3) is 6.08 Å². The average Bonchev–Trinajstić information content (AvgIpc) is 3.47. The molecule has 0 bridgehead atoms. The summed E-state index contributed by atoms with van der Waals surface area (Å²) in [4.78, 5) is 49.3. The monoisotopic (exact) mass is 618 g/mol. The van der Waals surface area contributed by atoms with Crippen LogP contribution < -0.4 is 15.5 Å². The first-order valence-corrected chi connectivity index (χ1v) is 13.2. The van der Waals surface area contributed by atoms with Crippen molar-refractivity contribution in [3.8, 4) is 5.75 Å². The smallest absolute Gasteiger partial charge is 0.343 e. The first kappa shape index (κ1) is 28.1. The number of ether oxygens (including phenoxy) is 1. The predicted octanol–water partition coefficient (Wildman–Crippen LogP) is 5.56. The molecule has 0 saturated carbocycles. The van der Waals surface area contributed by atoms with Crippen LogP contribution in [0.5, 0.6) is 5.75 Å². The molecule has 0 atom stereocenters. The second-order valence-corrected chi connectivity index (χ2v) is 9.86. The third-order valence-electron chi connectivity index (χ3n) is 5.22. The van der Waals surface area contributed by atoms with Crippen molar-refractivity contribution in [2.75, 3.05) is 0 Å².